The van der Waals surface area contributed by atoms with Gasteiger partial charge < -0.3 is 16.0 Å². The molecule has 0 unspecified atom stereocenters. The third kappa shape index (κ3) is 4.66. The van der Waals surface area contributed by atoms with E-state index in [0.717, 1.165) is 0 Å². The van der Waals surface area contributed by atoms with Crippen LogP contribution in [-0.4, -0.2) is 21.8 Å². The third-order valence-electron chi connectivity index (χ3n) is 4.54. The summed E-state index contributed by atoms with van der Waals surface area (Å²) in [7, 11) is 0. The molecule has 2 amide bonds. The number of H-pyrrole nitrogens is 1. The molecule has 0 aliphatic carbocycles. The lowest BCUT2D eigenvalue weighted by Gasteiger charge is -2.24. The van der Waals surface area contributed by atoms with E-state index < -0.39 is 23.3 Å². The Kier molecular flexibility index (Phi) is 5.86. The molecule has 4 rings (SSSR count). The Morgan fingerprint density at radius 3 is 2.58 bits per heavy atom. The monoisotopic (exact) mass is 477 g/mol. The standard InChI is InChI=1S/C20H14Cl3N5O3/c21-9-2-1-3-11(6-9)24-20-27-17-16(19(31)28-20)12(8-15(29)26-17)18(30)25-14-5-4-10(22)7-13(14)23/h1-7,12H,8H2,(H,25,30)(H3,24,26,27,28,29,31)/t12-/m0/s1. The van der Waals surface area contributed by atoms with Crippen molar-refractivity contribution >= 4 is 69.8 Å². The number of aromatic amines is 1. The molecule has 2 aromatic carbocycles. The van der Waals surface area contributed by atoms with E-state index in [4.69, 9.17) is 34.8 Å². The molecule has 0 saturated carbocycles. The van der Waals surface area contributed by atoms with Crippen molar-refractivity contribution in [3.63, 3.8) is 0 Å². The van der Waals surface area contributed by atoms with E-state index in [9.17, 15) is 14.4 Å². The van der Waals surface area contributed by atoms with Crippen LogP contribution in [0.1, 0.15) is 17.9 Å². The zero-order valence-electron chi connectivity index (χ0n) is 15.6. The molecule has 0 fully saturated rings. The lowest BCUT2D eigenvalue weighted by atomic mass is 9.92. The molecule has 1 aliphatic rings. The SMILES string of the molecule is O=C1C[C@H](C(=O)Nc2ccc(Cl)cc2Cl)c2c(nc(Nc3cccc(Cl)c3)[nH]c2=O)N1. The highest BCUT2D eigenvalue weighted by atomic mass is 35.5. The maximum atomic E-state index is 12.9. The molecule has 4 N–H and O–H groups in total. The number of nitrogens with one attached hydrogen (secondary N) is 4. The second-order valence-electron chi connectivity index (χ2n) is 6.73. The quantitative estimate of drug-likeness (QED) is 0.439. The Balaban J connectivity index is 1.65. The van der Waals surface area contributed by atoms with Gasteiger partial charge in [-0.3, -0.25) is 19.4 Å². The van der Waals surface area contributed by atoms with Gasteiger partial charge in [0.25, 0.3) is 5.56 Å². The van der Waals surface area contributed by atoms with Crippen LogP contribution in [0.4, 0.5) is 23.1 Å². The maximum Gasteiger partial charge on any atom is 0.258 e. The minimum atomic E-state index is -1.05. The zero-order chi connectivity index (χ0) is 22.1. The summed E-state index contributed by atoms with van der Waals surface area (Å²) < 4.78 is 0. The molecule has 1 aliphatic heterocycles. The van der Waals surface area contributed by atoms with E-state index in [2.05, 4.69) is 25.9 Å². The molecule has 0 spiro atoms. The van der Waals surface area contributed by atoms with Crippen LogP contribution in [0.25, 0.3) is 0 Å². The molecular weight excluding hydrogens is 465 g/mol. The molecule has 2 heterocycles. The fourth-order valence-corrected chi connectivity index (χ4v) is 3.81. The van der Waals surface area contributed by atoms with Gasteiger partial charge in [0.15, 0.2) is 0 Å². The predicted molar refractivity (Wildman–Crippen MR) is 121 cm³/mol. The lowest BCUT2D eigenvalue weighted by molar-refractivity contribution is -0.123. The van der Waals surface area contributed by atoms with Gasteiger partial charge in [0.05, 0.1) is 22.2 Å². The van der Waals surface area contributed by atoms with Crippen molar-refractivity contribution in [3.8, 4) is 0 Å². The summed E-state index contributed by atoms with van der Waals surface area (Å²) in [4.78, 5) is 44.7. The summed E-state index contributed by atoms with van der Waals surface area (Å²) in [6, 6.07) is 11.4. The van der Waals surface area contributed by atoms with E-state index in [-0.39, 0.29) is 28.8 Å². The summed E-state index contributed by atoms with van der Waals surface area (Å²) in [5.74, 6) is -1.96. The molecule has 0 radical (unpaired) electrons. The number of carbonyl (C=O) groups excluding carboxylic acids is 2. The average molecular weight is 479 g/mol. The van der Waals surface area contributed by atoms with Gasteiger partial charge in [-0.15, -0.1) is 0 Å². The summed E-state index contributed by atoms with van der Waals surface area (Å²) in [6.45, 7) is 0. The predicted octanol–water partition coefficient (Wildman–Crippen LogP) is 4.54. The van der Waals surface area contributed by atoms with Gasteiger partial charge in [-0.1, -0.05) is 40.9 Å². The minimum Gasteiger partial charge on any atom is -0.326 e. The molecule has 31 heavy (non-hydrogen) atoms. The molecule has 3 aromatic rings. The second-order valence-corrected chi connectivity index (χ2v) is 8.01. The van der Waals surface area contributed by atoms with Crippen LogP contribution in [-0.2, 0) is 9.59 Å². The topological polar surface area (TPSA) is 116 Å². The van der Waals surface area contributed by atoms with E-state index in [1.807, 2.05) is 0 Å². The van der Waals surface area contributed by atoms with Gasteiger partial charge in [-0.05, 0) is 36.4 Å². The van der Waals surface area contributed by atoms with Crippen LogP contribution in [0, 0.1) is 0 Å². The van der Waals surface area contributed by atoms with Crippen LogP contribution in [0.3, 0.4) is 0 Å². The number of rotatable bonds is 4. The van der Waals surface area contributed by atoms with E-state index in [0.29, 0.717) is 21.4 Å². The Labute approximate surface area is 190 Å². The number of nitrogens with zero attached hydrogens (tertiary/aromatic N) is 1. The van der Waals surface area contributed by atoms with Crippen molar-refractivity contribution in [2.24, 2.45) is 0 Å². The van der Waals surface area contributed by atoms with Crippen molar-refractivity contribution in [3.05, 3.63) is 73.4 Å². The van der Waals surface area contributed by atoms with E-state index >= 15 is 0 Å². The molecule has 0 saturated heterocycles. The van der Waals surface area contributed by atoms with Crippen molar-refractivity contribution in [2.45, 2.75) is 12.3 Å². The number of carbonyl (C=O) groups is 2. The Hall–Kier alpha value is -3.07. The van der Waals surface area contributed by atoms with Crippen molar-refractivity contribution in [2.75, 3.05) is 16.0 Å². The zero-order valence-corrected chi connectivity index (χ0v) is 17.9. The molecule has 11 heteroatoms. The van der Waals surface area contributed by atoms with Gasteiger partial charge in [0, 0.05) is 22.2 Å². The highest BCUT2D eigenvalue weighted by Gasteiger charge is 2.35. The fourth-order valence-electron chi connectivity index (χ4n) is 3.17. The van der Waals surface area contributed by atoms with E-state index in [1.54, 1.807) is 30.3 Å². The van der Waals surface area contributed by atoms with Crippen LogP contribution < -0.4 is 21.5 Å². The van der Waals surface area contributed by atoms with Crippen molar-refractivity contribution in [1.82, 2.24) is 9.97 Å². The van der Waals surface area contributed by atoms with Gasteiger partial charge in [-0.25, -0.2) is 0 Å². The highest BCUT2D eigenvalue weighted by molar-refractivity contribution is 6.36. The molecule has 1 aromatic heterocycles. The minimum absolute atomic E-state index is 0.00637. The molecule has 0 bridgehead atoms. The van der Waals surface area contributed by atoms with E-state index in [1.165, 1.54) is 12.1 Å². The van der Waals surface area contributed by atoms with Crippen LogP contribution >= 0.6 is 34.8 Å². The second kappa shape index (κ2) is 8.58. The third-order valence-corrected chi connectivity index (χ3v) is 5.33. The normalized spacial score (nSPS) is 15.1. The van der Waals surface area contributed by atoms with Gasteiger partial charge in [-0.2, -0.15) is 4.98 Å². The van der Waals surface area contributed by atoms with Gasteiger partial charge >= 0.3 is 0 Å². The first-order valence-electron chi connectivity index (χ1n) is 9.03. The highest BCUT2D eigenvalue weighted by Crippen LogP contribution is 2.32. The number of hydrogen-bond acceptors (Lipinski definition) is 5. The Morgan fingerprint density at radius 1 is 1.06 bits per heavy atom. The number of hydrogen-bond donors (Lipinski definition) is 4. The van der Waals surface area contributed by atoms with Crippen LogP contribution in [0.5, 0.6) is 0 Å². The van der Waals surface area contributed by atoms with Crippen molar-refractivity contribution < 1.29 is 9.59 Å². The average Bonchev–Trinajstić information content (AvgIpc) is 2.69. The fraction of sp³-hybridized carbons (Fsp3) is 0.100. The number of aromatic nitrogens is 2. The maximum absolute atomic E-state index is 12.9. The molecule has 158 valence electrons. The van der Waals surface area contributed by atoms with Gasteiger partial charge in [0.2, 0.25) is 17.8 Å². The molecule has 1 atom stereocenters. The Bertz CT molecular complexity index is 1260. The number of fused-ring (bicyclic) bond motifs is 1. The first kappa shape index (κ1) is 21.2. The van der Waals surface area contributed by atoms with Crippen molar-refractivity contribution in [1.29, 1.82) is 0 Å². The number of benzene rings is 2. The number of amides is 2. The Morgan fingerprint density at radius 2 is 1.84 bits per heavy atom. The summed E-state index contributed by atoms with van der Waals surface area (Å²) in [5, 5.41) is 9.23. The van der Waals surface area contributed by atoms with Gasteiger partial charge in [0.1, 0.15) is 5.82 Å². The molecule has 8 nitrogen and oxygen atoms in total. The lowest BCUT2D eigenvalue weighted by Crippen LogP contribution is -2.36. The largest absolute Gasteiger partial charge is 0.326 e. The van der Waals surface area contributed by atoms with Crippen LogP contribution in [0.15, 0.2) is 47.3 Å². The first-order valence-corrected chi connectivity index (χ1v) is 10.2. The first-order chi connectivity index (χ1) is 14.8. The summed E-state index contributed by atoms with van der Waals surface area (Å²) in [5.41, 5.74) is 0.396. The number of anilines is 4. The summed E-state index contributed by atoms with van der Waals surface area (Å²) >= 11 is 17.9. The smallest absolute Gasteiger partial charge is 0.258 e. The summed E-state index contributed by atoms with van der Waals surface area (Å²) in [6.07, 6.45) is -0.212. The molecular formula is C20H14Cl3N5O3. The van der Waals surface area contributed by atoms with Crippen LogP contribution in [0.2, 0.25) is 15.1 Å². The number of halogens is 3.